The van der Waals surface area contributed by atoms with Crippen LogP contribution >= 0.6 is 0 Å². The van der Waals surface area contributed by atoms with E-state index < -0.39 is 11.0 Å². The van der Waals surface area contributed by atoms with Gasteiger partial charge in [-0.1, -0.05) is 0 Å². The Labute approximate surface area is 127 Å². The van der Waals surface area contributed by atoms with Crippen molar-refractivity contribution in [2.24, 2.45) is 4.40 Å². The molecule has 4 nitrogen and oxygen atoms in total. The van der Waals surface area contributed by atoms with E-state index in [1.165, 1.54) is 0 Å². The minimum Gasteiger partial charge on any atom is -0.456 e. The van der Waals surface area contributed by atoms with Crippen molar-refractivity contribution >= 4 is 17.2 Å². The number of nitrogens with zero attached hydrogens (tertiary/aromatic N) is 2. The number of hydrogen-bond acceptors (Lipinski definition) is 3. The maximum atomic E-state index is 11.8. The third kappa shape index (κ3) is 4.79. The summed E-state index contributed by atoms with van der Waals surface area (Å²) < 4.78 is 21.2. The van der Waals surface area contributed by atoms with E-state index in [-0.39, 0.29) is 4.75 Å². The molecule has 0 radical (unpaired) electrons. The smallest absolute Gasteiger partial charge is 0.145 e. The average molecular weight is 302 g/mol. The van der Waals surface area contributed by atoms with E-state index in [1.54, 1.807) is 18.6 Å². The molecule has 0 fully saturated rings. The van der Waals surface area contributed by atoms with Crippen molar-refractivity contribution in [2.75, 3.05) is 0 Å². The summed E-state index contributed by atoms with van der Waals surface area (Å²) in [5.41, 5.74) is 0.881. The van der Waals surface area contributed by atoms with Gasteiger partial charge in [0.1, 0.15) is 22.5 Å². The number of ether oxygens (including phenoxy) is 1. The molecule has 2 rings (SSSR count). The van der Waals surface area contributed by atoms with Gasteiger partial charge in [-0.15, -0.1) is 0 Å². The first kappa shape index (κ1) is 15.4. The highest BCUT2D eigenvalue weighted by molar-refractivity contribution is 7.85. The molecule has 0 aliphatic heterocycles. The van der Waals surface area contributed by atoms with Gasteiger partial charge < -0.3 is 4.74 Å². The first-order valence-electron chi connectivity index (χ1n) is 6.59. The Kier molecular flexibility index (Phi) is 4.85. The molecule has 0 bridgehead atoms. The molecule has 0 saturated carbocycles. The minimum atomic E-state index is -1.24. The molecule has 0 spiro atoms. The quantitative estimate of drug-likeness (QED) is 0.808. The summed E-state index contributed by atoms with van der Waals surface area (Å²) in [4.78, 5) is 3.99. The molecular weight excluding hydrogens is 284 g/mol. The predicted octanol–water partition coefficient (Wildman–Crippen LogP) is 3.76. The normalized spacial score (nSPS) is 13.3. The summed E-state index contributed by atoms with van der Waals surface area (Å²) in [5, 5.41) is 0. The summed E-state index contributed by atoms with van der Waals surface area (Å²) in [7, 11) is -1.24. The second-order valence-electron chi connectivity index (χ2n) is 5.46. The van der Waals surface area contributed by atoms with Crippen molar-refractivity contribution in [3.8, 4) is 11.5 Å². The number of rotatable bonds is 4. The molecule has 1 heterocycles. The van der Waals surface area contributed by atoms with Crippen molar-refractivity contribution in [3.05, 3.63) is 54.4 Å². The van der Waals surface area contributed by atoms with Gasteiger partial charge in [-0.05, 0) is 62.7 Å². The van der Waals surface area contributed by atoms with E-state index in [9.17, 15) is 4.21 Å². The molecule has 1 aromatic heterocycles. The number of aromatic nitrogens is 1. The van der Waals surface area contributed by atoms with Gasteiger partial charge in [0.2, 0.25) is 0 Å². The molecule has 1 aromatic carbocycles. The number of hydrogen-bond donors (Lipinski definition) is 0. The van der Waals surface area contributed by atoms with Crippen LogP contribution in [-0.2, 0) is 11.0 Å². The van der Waals surface area contributed by atoms with Crippen molar-refractivity contribution in [3.63, 3.8) is 0 Å². The van der Waals surface area contributed by atoms with E-state index in [0.29, 0.717) is 5.75 Å². The fraction of sp³-hybridized carbons (Fsp3) is 0.250. The van der Waals surface area contributed by atoms with Crippen molar-refractivity contribution in [2.45, 2.75) is 25.5 Å². The largest absolute Gasteiger partial charge is 0.456 e. The molecule has 1 atom stereocenters. The van der Waals surface area contributed by atoms with Crippen LogP contribution in [0.2, 0.25) is 0 Å². The fourth-order valence-electron chi connectivity index (χ4n) is 1.43. The number of benzene rings is 1. The molecule has 1 unspecified atom stereocenters. The third-order valence-electron chi connectivity index (χ3n) is 2.57. The minimum absolute atomic E-state index is 0.347. The summed E-state index contributed by atoms with van der Waals surface area (Å²) in [6.45, 7) is 5.68. The maximum absolute atomic E-state index is 11.8. The van der Waals surface area contributed by atoms with Gasteiger partial charge in [0.05, 0.1) is 10.9 Å². The van der Waals surface area contributed by atoms with E-state index in [4.69, 9.17) is 4.74 Å². The van der Waals surface area contributed by atoms with Crippen LogP contribution in [0.3, 0.4) is 0 Å². The maximum Gasteiger partial charge on any atom is 0.145 e. The summed E-state index contributed by atoms with van der Waals surface area (Å²) in [5.74, 6) is 1.41. The van der Waals surface area contributed by atoms with Crippen LogP contribution in [0.4, 0.5) is 0 Å². The summed E-state index contributed by atoms with van der Waals surface area (Å²) in [6.07, 6.45) is 4.97. The van der Waals surface area contributed by atoms with Gasteiger partial charge in [0, 0.05) is 12.4 Å². The first-order chi connectivity index (χ1) is 9.95. The molecule has 0 amide bonds. The van der Waals surface area contributed by atoms with Gasteiger partial charge in [-0.25, -0.2) is 4.21 Å². The Morgan fingerprint density at radius 2 is 1.86 bits per heavy atom. The Balaban J connectivity index is 2.03. The first-order valence-corrected chi connectivity index (χ1v) is 7.70. The Morgan fingerprint density at radius 3 is 2.43 bits per heavy atom. The van der Waals surface area contributed by atoms with Crippen LogP contribution in [0.1, 0.15) is 26.3 Å². The van der Waals surface area contributed by atoms with Crippen LogP contribution in [0.25, 0.3) is 0 Å². The lowest BCUT2D eigenvalue weighted by molar-refractivity contribution is 0.480. The van der Waals surface area contributed by atoms with E-state index >= 15 is 0 Å². The van der Waals surface area contributed by atoms with Crippen molar-refractivity contribution in [1.82, 2.24) is 4.98 Å². The SMILES string of the molecule is CC(C)(C)S(=O)/N=C/c1ccc(Oc2cccnc2)cc1. The molecule has 5 heteroatoms. The molecular formula is C16H18N2O2S. The molecule has 110 valence electrons. The monoisotopic (exact) mass is 302 g/mol. The average Bonchev–Trinajstić information content (AvgIpc) is 2.46. The van der Waals surface area contributed by atoms with E-state index in [2.05, 4.69) is 9.38 Å². The second kappa shape index (κ2) is 6.63. The number of pyridine rings is 1. The van der Waals surface area contributed by atoms with Gasteiger partial charge in [0.25, 0.3) is 0 Å². The topological polar surface area (TPSA) is 51.5 Å². The van der Waals surface area contributed by atoms with Gasteiger partial charge in [-0.3, -0.25) is 4.98 Å². The molecule has 0 saturated heterocycles. The molecule has 0 aliphatic rings. The van der Waals surface area contributed by atoms with Gasteiger partial charge in [0.15, 0.2) is 0 Å². The van der Waals surface area contributed by atoms with E-state index in [1.807, 2.05) is 57.2 Å². The molecule has 0 N–H and O–H groups in total. The highest BCUT2D eigenvalue weighted by Crippen LogP contribution is 2.20. The van der Waals surface area contributed by atoms with Crippen LogP contribution in [-0.4, -0.2) is 20.2 Å². The van der Waals surface area contributed by atoms with Crippen molar-refractivity contribution in [1.29, 1.82) is 0 Å². The Morgan fingerprint density at radius 1 is 1.14 bits per heavy atom. The predicted molar refractivity (Wildman–Crippen MR) is 86.2 cm³/mol. The lowest BCUT2D eigenvalue weighted by Crippen LogP contribution is -2.19. The Hall–Kier alpha value is -2.01. The van der Waals surface area contributed by atoms with Crippen LogP contribution in [0.5, 0.6) is 11.5 Å². The molecule has 2 aromatic rings. The van der Waals surface area contributed by atoms with E-state index in [0.717, 1.165) is 11.3 Å². The zero-order valence-corrected chi connectivity index (χ0v) is 13.1. The highest BCUT2D eigenvalue weighted by atomic mass is 32.2. The molecule has 0 aliphatic carbocycles. The summed E-state index contributed by atoms with van der Waals surface area (Å²) >= 11 is 0. The van der Waals surface area contributed by atoms with Crippen LogP contribution < -0.4 is 4.74 Å². The fourth-order valence-corrected chi connectivity index (χ4v) is 1.97. The Bertz CT molecular complexity index is 632. The zero-order chi connectivity index (χ0) is 15.3. The second-order valence-corrected chi connectivity index (χ2v) is 7.39. The van der Waals surface area contributed by atoms with Gasteiger partial charge in [-0.2, -0.15) is 4.40 Å². The van der Waals surface area contributed by atoms with Crippen LogP contribution in [0.15, 0.2) is 53.2 Å². The highest BCUT2D eigenvalue weighted by Gasteiger charge is 2.17. The lowest BCUT2D eigenvalue weighted by Gasteiger charge is -2.12. The molecule has 21 heavy (non-hydrogen) atoms. The lowest BCUT2D eigenvalue weighted by atomic mass is 10.2. The van der Waals surface area contributed by atoms with Crippen molar-refractivity contribution < 1.29 is 8.95 Å². The standard InChI is InChI=1S/C16H18N2O2S/c1-16(2,3)21(19)18-11-13-6-8-14(9-7-13)20-15-5-4-10-17-12-15/h4-12H,1-3H3/b18-11+. The van der Waals surface area contributed by atoms with Gasteiger partial charge >= 0.3 is 0 Å². The van der Waals surface area contributed by atoms with Crippen LogP contribution in [0, 0.1) is 0 Å². The third-order valence-corrected chi connectivity index (χ3v) is 3.92. The zero-order valence-electron chi connectivity index (χ0n) is 12.3. The summed E-state index contributed by atoms with van der Waals surface area (Å²) in [6, 6.07) is 11.1.